The zero-order valence-electron chi connectivity index (χ0n) is 21.2. The molecule has 0 aliphatic carbocycles. The molecule has 0 bridgehead atoms. The average molecular weight is 572 g/mol. The van der Waals surface area contributed by atoms with Gasteiger partial charge in [0.1, 0.15) is 0 Å². The molecule has 0 radical (unpaired) electrons. The first-order valence-corrected chi connectivity index (χ1v) is 14.4. The fourth-order valence-electron chi connectivity index (χ4n) is 3.79. The highest BCUT2D eigenvalue weighted by Crippen LogP contribution is 2.61. The maximum atomic E-state index is 13.9. The summed E-state index contributed by atoms with van der Waals surface area (Å²) in [6, 6.07) is 16.4. The molecule has 2 heterocycles. The molecule has 1 unspecified atom stereocenters. The van der Waals surface area contributed by atoms with Gasteiger partial charge in [-0.05, 0) is 74.4 Å². The quantitative estimate of drug-likeness (QED) is 0.173. The highest BCUT2D eigenvalue weighted by Gasteiger charge is 2.37. The van der Waals surface area contributed by atoms with Gasteiger partial charge in [0.2, 0.25) is 5.95 Å². The van der Waals surface area contributed by atoms with E-state index in [0.29, 0.717) is 27.2 Å². The van der Waals surface area contributed by atoms with Crippen molar-refractivity contribution in [3.8, 4) is 11.3 Å². The van der Waals surface area contributed by atoms with Crippen molar-refractivity contribution in [3.63, 3.8) is 0 Å². The van der Waals surface area contributed by atoms with Gasteiger partial charge < -0.3 is 19.7 Å². The molecule has 1 atom stereocenters. The van der Waals surface area contributed by atoms with Crippen LogP contribution < -0.4 is 10.6 Å². The number of benzene rings is 2. The second kappa shape index (κ2) is 12.7. The van der Waals surface area contributed by atoms with E-state index in [1.165, 1.54) is 0 Å². The summed E-state index contributed by atoms with van der Waals surface area (Å²) in [6.07, 6.45) is 5.16. The van der Waals surface area contributed by atoms with Crippen LogP contribution in [-0.2, 0) is 13.6 Å². The standard InChI is InChI=1S/C27H28Cl2N5O3P/c1-4-36-38(35,37-5-2)26(19-9-11-22(28)23(29)15-19)32-21-10-8-18(3)25(16-21)34-27-31-14-12-24(33-27)20-7-6-13-30-17-20/h6-17,26,32H,4-5H2,1-3H3,(H,31,33,34). The Morgan fingerprint density at radius 3 is 2.45 bits per heavy atom. The molecule has 8 nitrogen and oxygen atoms in total. The van der Waals surface area contributed by atoms with Gasteiger partial charge in [0.25, 0.3) is 0 Å². The Morgan fingerprint density at radius 2 is 1.76 bits per heavy atom. The van der Waals surface area contributed by atoms with Crippen molar-refractivity contribution < 1.29 is 13.6 Å². The Morgan fingerprint density at radius 1 is 0.974 bits per heavy atom. The number of aryl methyl sites for hydroxylation is 1. The first kappa shape index (κ1) is 28.0. The molecule has 2 aromatic heterocycles. The van der Waals surface area contributed by atoms with E-state index in [9.17, 15) is 4.57 Å². The minimum Gasteiger partial charge on any atom is -0.368 e. The monoisotopic (exact) mass is 571 g/mol. The lowest BCUT2D eigenvalue weighted by Gasteiger charge is -2.28. The SMILES string of the molecule is CCOP(=O)(OCC)C(Nc1ccc(C)c(Nc2nccc(-c3cccnc3)n2)c1)c1ccc(Cl)c(Cl)c1. The zero-order chi connectivity index (χ0) is 27.1. The van der Waals surface area contributed by atoms with Crippen molar-refractivity contribution in [2.75, 3.05) is 23.8 Å². The molecule has 2 aromatic carbocycles. The van der Waals surface area contributed by atoms with Crippen LogP contribution >= 0.6 is 30.8 Å². The van der Waals surface area contributed by atoms with Crippen LogP contribution in [0.3, 0.4) is 0 Å². The molecule has 4 rings (SSSR count). The summed E-state index contributed by atoms with van der Waals surface area (Å²) in [5, 5.41) is 7.36. The van der Waals surface area contributed by atoms with Crippen molar-refractivity contribution in [1.82, 2.24) is 15.0 Å². The molecular formula is C27H28Cl2N5O3P. The van der Waals surface area contributed by atoms with E-state index in [1.54, 1.807) is 50.6 Å². The van der Waals surface area contributed by atoms with Crippen molar-refractivity contribution >= 4 is 48.1 Å². The lowest BCUT2D eigenvalue weighted by molar-refractivity contribution is 0.214. The molecule has 0 saturated carbocycles. The summed E-state index contributed by atoms with van der Waals surface area (Å²) < 4.78 is 25.3. The molecule has 38 heavy (non-hydrogen) atoms. The van der Waals surface area contributed by atoms with Crippen LogP contribution in [0.1, 0.15) is 30.8 Å². The smallest absolute Gasteiger partial charge is 0.357 e. The first-order valence-electron chi connectivity index (χ1n) is 12.0. The largest absolute Gasteiger partial charge is 0.368 e. The summed E-state index contributed by atoms with van der Waals surface area (Å²) in [6.45, 7) is 5.93. The van der Waals surface area contributed by atoms with Gasteiger partial charge in [0.15, 0.2) is 5.78 Å². The van der Waals surface area contributed by atoms with E-state index in [0.717, 1.165) is 22.5 Å². The number of aromatic nitrogens is 3. The van der Waals surface area contributed by atoms with Crippen molar-refractivity contribution in [3.05, 3.63) is 94.4 Å². The molecule has 0 saturated heterocycles. The fraction of sp³-hybridized carbons (Fsp3) is 0.222. The predicted molar refractivity (Wildman–Crippen MR) is 153 cm³/mol. The number of anilines is 3. The van der Waals surface area contributed by atoms with Gasteiger partial charge in [-0.1, -0.05) is 35.3 Å². The van der Waals surface area contributed by atoms with Crippen LogP contribution in [0.4, 0.5) is 17.3 Å². The Balaban J connectivity index is 1.67. The zero-order valence-corrected chi connectivity index (χ0v) is 23.6. The van der Waals surface area contributed by atoms with E-state index >= 15 is 0 Å². The van der Waals surface area contributed by atoms with Gasteiger partial charge in [0, 0.05) is 35.5 Å². The normalized spacial score (nSPS) is 12.2. The van der Waals surface area contributed by atoms with Gasteiger partial charge in [0.05, 0.1) is 29.0 Å². The molecule has 0 aliphatic heterocycles. The van der Waals surface area contributed by atoms with E-state index in [2.05, 4.69) is 25.6 Å². The Kier molecular flexibility index (Phi) is 9.36. The minimum absolute atomic E-state index is 0.210. The molecule has 0 fully saturated rings. The molecule has 0 aliphatic rings. The van der Waals surface area contributed by atoms with Gasteiger partial charge in [-0.2, -0.15) is 0 Å². The van der Waals surface area contributed by atoms with E-state index in [-0.39, 0.29) is 13.2 Å². The van der Waals surface area contributed by atoms with Gasteiger partial charge >= 0.3 is 7.60 Å². The number of hydrogen-bond donors (Lipinski definition) is 2. The van der Waals surface area contributed by atoms with Crippen molar-refractivity contribution in [1.29, 1.82) is 0 Å². The maximum Gasteiger partial charge on any atom is 0.357 e. The second-order valence-electron chi connectivity index (χ2n) is 8.26. The third kappa shape index (κ3) is 6.70. The number of halogens is 2. The highest BCUT2D eigenvalue weighted by molar-refractivity contribution is 7.54. The summed E-state index contributed by atoms with van der Waals surface area (Å²) >= 11 is 12.4. The van der Waals surface area contributed by atoms with Gasteiger partial charge in [-0.15, -0.1) is 0 Å². The highest BCUT2D eigenvalue weighted by atomic mass is 35.5. The second-order valence-corrected chi connectivity index (χ2v) is 11.2. The van der Waals surface area contributed by atoms with Crippen molar-refractivity contribution in [2.45, 2.75) is 26.6 Å². The molecule has 198 valence electrons. The number of hydrogen-bond acceptors (Lipinski definition) is 8. The van der Waals surface area contributed by atoms with Gasteiger partial charge in [-0.25, -0.2) is 9.97 Å². The van der Waals surface area contributed by atoms with Crippen molar-refractivity contribution in [2.24, 2.45) is 0 Å². The Hall–Kier alpha value is -3.00. The summed E-state index contributed by atoms with van der Waals surface area (Å²) in [5.41, 5.74) is 4.67. The first-order chi connectivity index (χ1) is 18.3. The molecular weight excluding hydrogens is 544 g/mol. The third-order valence-corrected chi connectivity index (χ3v) is 8.63. The molecule has 4 aromatic rings. The average Bonchev–Trinajstić information content (AvgIpc) is 2.91. The van der Waals surface area contributed by atoms with Crippen LogP contribution in [0.2, 0.25) is 10.0 Å². The van der Waals surface area contributed by atoms with E-state index in [1.807, 2.05) is 43.3 Å². The van der Waals surface area contributed by atoms with Crippen LogP contribution in [0.15, 0.2) is 73.2 Å². The lowest BCUT2D eigenvalue weighted by Crippen LogP contribution is -2.15. The lowest BCUT2D eigenvalue weighted by atomic mass is 10.1. The number of rotatable bonds is 11. The summed E-state index contributed by atoms with van der Waals surface area (Å²) in [7, 11) is -3.65. The predicted octanol–water partition coefficient (Wildman–Crippen LogP) is 8.27. The fourth-order valence-corrected chi connectivity index (χ4v) is 6.02. The topological polar surface area (TPSA) is 98.3 Å². The number of nitrogens with one attached hydrogen (secondary N) is 2. The Bertz CT molecular complexity index is 1430. The third-order valence-electron chi connectivity index (χ3n) is 5.59. The number of nitrogens with zero attached hydrogens (tertiary/aromatic N) is 3. The molecule has 2 N–H and O–H groups in total. The van der Waals surface area contributed by atoms with Crippen LogP contribution in [0, 0.1) is 6.92 Å². The number of pyridine rings is 1. The molecule has 0 amide bonds. The minimum atomic E-state index is -3.65. The summed E-state index contributed by atoms with van der Waals surface area (Å²) in [5.74, 6) is -0.403. The molecule has 11 heteroatoms. The van der Waals surface area contributed by atoms with E-state index < -0.39 is 13.4 Å². The van der Waals surface area contributed by atoms with Gasteiger partial charge in [-0.3, -0.25) is 9.55 Å². The summed E-state index contributed by atoms with van der Waals surface area (Å²) in [4.78, 5) is 13.2. The van der Waals surface area contributed by atoms with E-state index in [4.69, 9.17) is 32.2 Å². The molecule has 0 spiro atoms. The van der Waals surface area contributed by atoms with Crippen LogP contribution in [-0.4, -0.2) is 28.2 Å². The van der Waals surface area contributed by atoms with Crippen LogP contribution in [0.5, 0.6) is 0 Å². The maximum absolute atomic E-state index is 13.9. The van der Waals surface area contributed by atoms with Crippen LogP contribution in [0.25, 0.3) is 11.3 Å². The Labute approximate surface area is 232 Å².